The van der Waals surface area contributed by atoms with Gasteiger partial charge in [-0.2, -0.15) is 8.42 Å². The van der Waals surface area contributed by atoms with Crippen LogP contribution in [0, 0.1) is 18.7 Å². The highest BCUT2D eigenvalue weighted by molar-refractivity contribution is 7.85. The summed E-state index contributed by atoms with van der Waals surface area (Å²) in [6.07, 6.45) is 4.05. The normalized spacial score (nSPS) is 17.6. The Kier molecular flexibility index (Phi) is 9.17. The van der Waals surface area contributed by atoms with Gasteiger partial charge in [-0.25, -0.2) is 18.0 Å². The van der Waals surface area contributed by atoms with Crippen molar-refractivity contribution in [2.45, 2.75) is 38.7 Å². The maximum absolute atomic E-state index is 14.5. The molecule has 0 spiro atoms. The molecule has 182 valence electrons. The van der Waals surface area contributed by atoms with Crippen LogP contribution in [-0.4, -0.2) is 59.2 Å². The SMILES string of the molecule is CS(=O)(=O)O.Cc1cnc(CC[C@H]2CCN(C(=O)OCc3ccc(F)cc3)CC2(F)F)cn1. The molecule has 1 aliphatic rings. The quantitative estimate of drug-likeness (QED) is 0.639. The number of benzene rings is 1. The van der Waals surface area contributed by atoms with Crippen LogP contribution in [0.25, 0.3) is 0 Å². The predicted molar refractivity (Wildman–Crippen MR) is 114 cm³/mol. The van der Waals surface area contributed by atoms with E-state index in [-0.39, 0.29) is 26.0 Å². The molecule has 12 heteroatoms. The van der Waals surface area contributed by atoms with Gasteiger partial charge in [-0.05, 0) is 43.9 Å². The predicted octanol–water partition coefficient (Wildman–Crippen LogP) is 3.65. The number of ether oxygens (including phenoxy) is 1. The molecule has 1 atom stereocenters. The highest BCUT2D eigenvalue weighted by Crippen LogP contribution is 2.36. The summed E-state index contributed by atoms with van der Waals surface area (Å²) in [5, 5.41) is 0. The molecule has 1 N–H and O–H groups in total. The van der Waals surface area contributed by atoms with E-state index < -0.39 is 40.4 Å². The van der Waals surface area contributed by atoms with Crippen molar-refractivity contribution in [3.63, 3.8) is 0 Å². The van der Waals surface area contributed by atoms with Crippen molar-refractivity contribution >= 4 is 16.2 Å². The summed E-state index contributed by atoms with van der Waals surface area (Å²) in [6.45, 7) is 1.27. The Labute approximate surface area is 190 Å². The lowest BCUT2D eigenvalue weighted by molar-refractivity contribution is -0.108. The smallest absolute Gasteiger partial charge is 0.410 e. The number of carbonyl (C=O) groups excluding carboxylic acids is 1. The molecule has 1 aromatic carbocycles. The van der Waals surface area contributed by atoms with Crippen molar-refractivity contribution in [2.75, 3.05) is 19.3 Å². The number of hydrogen-bond acceptors (Lipinski definition) is 6. The van der Waals surface area contributed by atoms with Gasteiger partial charge in [0.25, 0.3) is 16.0 Å². The molecule has 1 aliphatic heterocycles. The number of carbonyl (C=O) groups is 1. The number of halogens is 3. The number of hydrogen-bond donors (Lipinski definition) is 1. The average molecular weight is 490 g/mol. The first-order valence-corrected chi connectivity index (χ1v) is 11.9. The van der Waals surface area contributed by atoms with Gasteiger partial charge in [-0.15, -0.1) is 0 Å². The molecule has 0 saturated carbocycles. The van der Waals surface area contributed by atoms with E-state index >= 15 is 0 Å². The summed E-state index contributed by atoms with van der Waals surface area (Å²) in [6, 6.07) is 5.47. The van der Waals surface area contributed by atoms with Gasteiger partial charge in [0.1, 0.15) is 12.4 Å². The van der Waals surface area contributed by atoms with E-state index in [2.05, 4.69) is 9.97 Å². The van der Waals surface area contributed by atoms with Crippen LogP contribution < -0.4 is 0 Å². The number of alkyl halides is 2. The molecule has 1 fully saturated rings. The lowest BCUT2D eigenvalue weighted by Crippen LogP contribution is -2.50. The molecule has 2 heterocycles. The van der Waals surface area contributed by atoms with Gasteiger partial charge in [-0.3, -0.25) is 14.5 Å². The van der Waals surface area contributed by atoms with Crippen LogP contribution in [0.2, 0.25) is 0 Å². The Morgan fingerprint density at radius 3 is 2.42 bits per heavy atom. The van der Waals surface area contributed by atoms with Crippen LogP contribution in [0.4, 0.5) is 18.0 Å². The van der Waals surface area contributed by atoms with Crippen LogP contribution >= 0.6 is 0 Å². The molecular formula is C21H26F3N3O5S. The minimum Gasteiger partial charge on any atom is -0.445 e. The van der Waals surface area contributed by atoms with Crippen LogP contribution in [0.15, 0.2) is 36.7 Å². The Morgan fingerprint density at radius 1 is 1.24 bits per heavy atom. The minimum atomic E-state index is -3.67. The summed E-state index contributed by atoms with van der Waals surface area (Å²) < 4.78 is 72.9. The highest BCUT2D eigenvalue weighted by atomic mass is 32.2. The fourth-order valence-electron chi connectivity index (χ4n) is 3.18. The van der Waals surface area contributed by atoms with E-state index in [0.29, 0.717) is 23.9 Å². The van der Waals surface area contributed by atoms with E-state index in [1.807, 2.05) is 6.92 Å². The zero-order valence-corrected chi connectivity index (χ0v) is 19.1. The third kappa shape index (κ3) is 9.74. The first kappa shape index (κ1) is 26.5. The summed E-state index contributed by atoms with van der Waals surface area (Å²) in [7, 11) is -3.67. The number of likely N-dealkylation sites (tertiary alicyclic amines) is 1. The van der Waals surface area contributed by atoms with Gasteiger partial charge >= 0.3 is 6.09 Å². The van der Waals surface area contributed by atoms with Gasteiger partial charge in [0.05, 0.1) is 24.2 Å². The monoisotopic (exact) mass is 489 g/mol. The van der Waals surface area contributed by atoms with Crippen LogP contribution in [0.1, 0.15) is 29.8 Å². The molecule has 1 amide bonds. The number of rotatable bonds is 5. The van der Waals surface area contributed by atoms with E-state index in [1.54, 1.807) is 12.4 Å². The number of amides is 1. The van der Waals surface area contributed by atoms with Crippen LogP contribution in [0.5, 0.6) is 0 Å². The number of nitrogens with zero attached hydrogens (tertiary/aromatic N) is 3. The highest BCUT2D eigenvalue weighted by Gasteiger charge is 2.45. The molecule has 0 unspecified atom stereocenters. The third-order valence-electron chi connectivity index (χ3n) is 4.86. The maximum atomic E-state index is 14.5. The minimum absolute atomic E-state index is 0.0866. The number of piperidine rings is 1. The Bertz CT molecular complexity index is 1010. The lowest BCUT2D eigenvalue weighted by Gasteiger charge is -2.37. The zero-order valence-electron chi connectivity index (χ0n) is 18.2. The molecule has 1 aromatic heterocycles. The largest absolute Gasteiger partial charge is 0.445 e. The van der Waals surface area contributed by atoms with Gasteiger partial charge < -0.3 is 9.64 Å². The van der Waals surface area contributed by atoms with Crippen molar-refractivity contribution in [1.29, 1.82) is 0 Å². The van der Waals surface area contributed by atoms with Crippen molar-refractivity contribution in [3.05, 3.63) is 59.4 Å². The van der Waals surface area contributed by atoms with Gasteiger partial charge in [-0.1, -0.05) is 12.1 Å². The van der Waals surface area contributed by atoms with Crippen molar-refractivity contribution < 1.29 is 35.7 Å². The fraction of sp³-hybridized carbons (Fsp3) is 0.476. The van der Waals surface area contributed by atoms with Crippen molar-refractivity contribution in [1.82, 2.24) is 14.9 Å². The van der Waals surface area contributed by atoms with Crippen molar-refractivity contribution in [2.24, 2.45) is 5.92 Å². The molecule has 8 nitrogen and oxygen atoms in total. The first-order chi connectivity index (χ1) is 15.3. The van der Waals surface area contributed by atoms with Gasteiger partial charge in [0.15, 0.2) is 0 Å². The summed E-state index contributed by atoms with van der Waals surface area (Å²) in [5.74, 6) is -4.21. The lowest BCUT2D eigenvalue weighted by atomic mass is 9.88. The standard InChI is InChI=1S/C20H22F3N3O2.CH4O3S/c1-14-10-25-18(11-24-14)7-4-16-8-9-26(13-20(16,22)23)19(27)28-12-15-2-5-17(21)6-3-15;1-5(2,3)4/h2-3,5-6,10-11,16H,4,7-9,12-13H2,1H3;1H3,(H,2,3,4)/t16-;/m0./s1. The first-order valence-electron chi connectivity index (χ1n) is 10.1. The summed E-state index contributed by atoms with van der Waals surface area (Å²) >= 11 is 0. The molecule has 0 aliphatic carbocycles. The molecule has 33 heavy (non-hydrogen) atoms. The molecule has 1 saturated heterocycles. The molecule has 0 bridgehead atoms. The van der Waals surface area contributed by atoms with E-state index in [4.69, 9.17) is 9.29 Å². The van der Waals surface area contributed by atoms with E-state index in [0.717, 1.165) is 10.6 Å². The number of aryl methyl sites for hydroxylation is 2. The molecular weight excluding hydrogens is 463 g/mol. The second-order valence-electron chi connectivity index (χ2n) is 7.77. The number of aromatic nitrogens is 2. The molecule has 0 radical (unpaired) electrons. The molecule has 2 aromatic rings. The topological polar surface area (TPSA) is 110 Å². The second kappa shape index (κ2) is 11.4. The zero-order chi connectivity index (χ0) is 24.6. The Morgan fingerprint density at radius 2 is 1.88 bits per heavy atom. The average Bonchev–Trinajstić information content (AvgIpc) is 2.71. The van der Waals surface area contributed by atoms with Crippen LogP contribution in [-0.2, 0) is 27.9 Å². The Hall–Kier alpha value is -2.73. The Balaban J connectivity index is 0.000000696. The second-order valence-corrected chi connectivity index (χ2v) is 9.24. The van der Waals surface area contributed by atoms with Gasteiger partial charge in [0, 0.05) is 24.9 Å². The van der Waals surface area contributed by atoms with Crippen LogP contribution in [0.3, 0.4) is 0 Å². The van der Waals surface area contributed by atoms with E-state index in [1.165, 1.54) is 24.3 Å². The van der Waals surface area contributed by atoms with Crippen molar-refractivity contribution in [3.8, 4) is 0 Å². The maximum Gasteiger partial charge on any atom is 0.410 e. The van der Waals surface area contributed by atoms with E-state index in [9.17, 15) is 26.4 Å². The van der Waals surface area contributed by atoms with Gasteiger partial charge in [0.2, 0.25) is 0 Å². The fourth-order valence-corrected chi connectivity index (χ4v) is 3.18. The molecule has 3 rings (SSSR count). The third-order valence-corrected chi connectivity index (χ3v) is 4.86. The summed E-state index contributed by atoms with van der Waals surface area (Å²) in [5.41, 5.74) is 2.06. The summed E-state index contributed by atoms with van der Waals surface area (Å²) in [4.78, 5) is 21.5.